The summed E-state index contributed by atoms with van der Waals surface area (Å²) >= 11 is 3.60. The van der Waals surface area contributed by atoms with Crippen LogP contribution in [0.3, 0.4) is 0 Å². The molecular weight excluding hydrogens is 380 g/mol. The van der Waals surface area contributed by atoms with Crippen LogP contribution in [0.15, 0.2) is 95.5 Å². The van der Waals surface area contributed by atoms with E-state index >= 15 is 0 Å². The monoisotopic (exact) mass is 402 g/mol. The molecule has 0 amide bonds. The molecule has 0 N–H and O–H groups in total. The maximum absolute atomic E-state index is 3.60. The van der Waals surface area contributed by atoms with E-state index in [1.807, 2.05) is 0 Å². The molecule has 0 aliphatic rings. The van der Waals surface area contributed by atoms with Crippen molar-refractivity contribution >= 4 is 21.5 Å². The number of rotatable bonds is 5. The normalized spacial score (nSPS) is 11.9. The van der Waals surface area contributed by atoms with E-state index in [9.17, 15) is 0 Å². The molecule has 0 unspecified atom stereocenters. The molecule has 1 heteroatoms. The Balaban J connectivity index is 2.18. The third-order valence-corrected chi connectivity index (χ3v) is 4.87. The predicted octanol–water partition coefficient (Wildman–Crippen LogP) is 8.15. The lowest BCUT2D eigenvalue weighted by Gasteiger charge is -2.12. The molecule has 0 fully saturated rings. The first-order valence-corrected chi connectivity index (χ1v) is 9.80. The van der Waals surface area contributed by atoms with Crippen molar-refractivity contribution in [2.45, 2.75) is 20.3 Å². The molecule has 26 heavy (non-hydrogen) atoms. The molecule has 0 saturated carbocycles. The topological polar surface area (TPSA) is 0 Å². The Morgan fingerprint density at radius 2 is 1.50 bits per heavy atom. The first kappa shape index (κ1) is 18.4. The van der Waals surface area contributed by atoms with Gasteiger partial charge in [-0.2, -0.15) is 0 Å². The Bertz CT molecular complexity index is 933. The van der Waals surface area contributed by atoms with Gasteiger partial charge in [0.05, 0.1) is 0 Å². The molecule has 3 rings (SSSR count). The summed E-state index contributed by atoms with van der Waals surface area (Å²) in [5.74, 6) is 0. The van der Waals surface area contributed by atoms with Crippen LogP contribution in [-0.4, -0.2) is 0 Å². The standard InChI is InChI=1S/C25H23Br/c1-3-5-10-19(4-2)22-15-23(20-11-7-6-8-12-20)17-24(16-22)21-13-9-14-25(26)18-21/h4-18H,3H2,1-2H3/b10-5-,19-4+. The quantitative estimate of drug-likeness (QED) is 0.377. The van der Waals surface area contributed by atoms with E-state index in [0.29, 0.717) is 0 Å². The van der Waals surface area contributed by atoms with Gasteiger partial charge in [-0.25, -0.2) is 0 Å². The lowest BCUT2D eigenvalue weighted by molar-refractivity contribution is 1.22. The molecule has 0 atom stereocenters. The van der Waals surface area contributed by atoms with Crippen LogP contribution in [0, 0.1) is 0 Å². The van der Waals surface area contributed by atoms with Crippen LogP contribution >= 0.6 is 15.9 Å². The first-order valence-electron chi connectivity index (χ1n) is 9.01. The van der Waals surface area contributed by atoms with Crippen LogP contribution in [-0.2, 0) is 0 Å². The fourth-order valence-electron chi connectivity index (χ4n) is 3.03. The Morgan fingerprint density at radius 3 is 2.15 bits per heavy atom. The molecule has 0 aromatic heterocycles. The zero-order chi connectivity index (χ0) is 18.4. The van der Waals surface area contributed by atoms with Gasteiger partial charge in [0.15, 0.2) is 0 Å². The molecule has 0 saturated heterocycles. The Kier molecular flexibility index (Phi) is 6.25. The average molecular weight is 403 g/mol. The van der Waals surface area contributed by atoms with Gasteiger partial charge in [0.2, 0.25) is 0 Å². The smallest absolute Gasteiger partial charge is 0.0181 e. The van der Waals surface area contributed by atoms with E-state index in [0.717, 1.165) is 10.9 Å². The van der Waals surface area contributed by atoms with Gasteiger partial charge in [0.1, 0.15) is 0 Å². The highest BCUT2D eigenvalue weighted by Gasteiger charge is 2.07. The number of hydrogen-bond donors (Lipinski definition) is 0. The van der Waals surface area contributed by atoms with Gasteiger partial charge in [-0.1, -0.05) is 83.5 Å². The molecule has 0 radical (unpaired) electrons. The van der Waals surface area contributed by atoms with Crippen molar-refractivity contribution in [2.24, 2.45) is 0 Å². The highest BCUT2D eigenvalue weighted by molar-refractivity contribution is 9.10. The molecule has 0 bridgehead atoms. The molecule has 0 heterocycles. The summed E-state index contributed by atoms with van der Waals surface area (Å²) in [6, 6.07) is 25.9. The summed E-state index contributed by atoms with van der Waals surface area (Å²) in [6.45, 7) is 4.26. The molecule has 3 aromatic carbocycles. The van der Waals surface area contributed by atoms with Crippen molar-refractivity contribution in [3.8, 4) is 22.3 Å². The van der Waals surface area contributed by atoms with Gasteiger partial charge < -0.3 is 0 Å². The number of benzene rings is 3. The minimum absolute atomic E-state index is 1.04. The summed E-state index contributed by atoms with van der Waals surface area (Å²) in [6.07, 6.45) is 7.65. The van der Waals surface area contributed by atoms with Gasteiger partial charge in [0, 0.05) is 4.47 Å². The van der Waals surface area contributed by atoms with Gasteiger partial charge in [-0.3, -0.25) is 0 Å². The van der Waals surface area contributed by atoms with Gasteiger partial charge >= 0.3 is 0 Å². The fourth-order valence-corrected chi connectivity index (χ4v) is 3.43. The first-order chi connectivity index (χ1) is 12.7. The number of halogens is 1. The van der Waals surface area contributed by atoms with Crippen molar-refractivity contribution in [2.75, 3.05) is 0 Å². The van der Waals surface area contributed by atoms with E-state index < -0.39 is 0 Å². The minimum atomic E-state index is 1.04. The Hall–Kier alpha value is -2.38. The molecule has 0 aliphatic heterocycles. The summed E-state index contributed by atoms with van der Waals surface area (Å²) in [5.41, 5.74) is 7.41. The van der Waals surface area contributed by atoms with Crippen molar-refractivity contribution in [1.82, 2.24) is 0 Å². The number of allylic oxidation sites excluding steroid dienone is 4. The second-order valence-electron chi connectivity index (χ2n) is 6.23. The van der Waals surface area contributed by atoms with E-state index in [1.165, 1.54) is 33.4 Å². The maximum Gasteiger partial charge on any atom is 0.0181 e. The highest BCUT2D eigenvalue weighted by Crippen LogP contribution is 2.32. The summed E-state index contributed by atoms with van der Waals surface area (Å²) in [4.78, 5) is 0. The molecule has 0 nitrogen and oxygen atoms in total. The fraction of sp³-hybridized carbons (Fsp3) is 0.120. The van der Waals surface area contributed by atoms with Gasteiger partial charge in [-0.05, 0) is 77.1 Å². The van der Waals surface area contributed by atoms with Crippen LogP contribution in [0.25, 0.3) is 27.8 Å². The third kappa shape index (κ3) is 4.42. The van der Waals surface area contributed by atoms with E-state index in [4.69, 9.17) is 0 Å². The Labute approximate surface area is 165 Å². The molecule has 0 aliphatic carbocycles. The molecular formula is C25H23Br. The van der Waals surface area contributed by atoms with Crippen LogP contribution in [0.4, 0.5) is 0 Å². The maximum atomic E-state index is 3.60. The second-order valence-corrected chi connectivity index (χ2v) is 7.15. The predicted molar refractivity (Wildman–Crippen MR) is 118 cm³/mol. The van der Waals surface area contributed by atoms with Crippen LogP contribution < -0.4 is 0 Å². The summed E-state index contributed by atoms with van der Waals surface area (Å²) < 4.78 is 1.10. The van der Waals surface area contributed by atoms with Crippen LogP contribution in [0.5, 0.6) is 0 Å². The van der Waals surface area contributed by atoms with Crippen LogP contribution in [0.2, 0.25) is 0 Å². The largest absolute Gasteiger partial charge is 0.0842 e. The lowest BCUT2D eigenvalue weighted by Crippen LogP contribution is -1.88. The summed E-state index contributed by atoms with van der Waals surface area (Å²) in [7, 11) is 0. The van der Waals surface area contributed by atoms with Gasteiger partial charge in [-0.15, -0.1) is 0 Å². The summed E-state index contributed by atoms with van der Waals surface area (Å²) in [5, 5.41) is 0. The Morgan fingerprint density at radius 1 is 0.808 bits per heavy atom. The van der Waals surface area contributed by atoms with Crippen molar-refractivity contribution < 1.29 is 0 Å². The second kappa shape index (κ2) is 8.82. The minimum Gasteiger partial charge on any atom is -0.0842 e. The zero-order valence-corrected chi connectivity index (χ0v) is 16.8. The van der Waals surface area contributed by atoms with E-state index in [1.54, 1.807) is 0 Å². The lowest BCUT2D eigenvalue weighted by atomic mass is 9.93. The highest BCUT2D eigenvalue weighted by atomic mass is 79.9. The van der Waals surface area contributed by atoms with E-state index in [2.05, 4.69) is 121 Å². The van der Waals surface area contributed by atoms with E-state index in [-0.39, 0.29) is 0 Å². The van der Waals surface area contributed by atoms with Crippen molar-refractivity contribution in [3.05, 3.63) is 101 Å². The SMILES string of the molecule is C/C=C(\C=C/CC)c1cc(-c2ccccc2)cc(-c2cccc(Br)c2)c1. The zero-order valence-electron chi connectivity index (χ0n) is 15.2. The van der Waals surface area contributed by atoms with Crippen molar-refractivity contribution in [1.29, 1.82) is 0 Å². The molecule has 130 valence electrons. The molecule has 3 aromatic rings. The molecule has 0 spiro atoms. The van der Waals surface area contributed by atoms with Gasteiger partial charge in [0.25, 0.3) is 0 Å². The average Bonchev–Trinajstić information content (AvgIpc) is 2.69. The van der Waals surface area contributed by atoms with Crippen molar-refractivity contribution in [3.63, 3.8) is 0 Å². The van der Waals surface area contributed by atoms with Crippen LogP contribution in [0.1, 0.15) is 25.8 Å². The third-order valence-electron chi connectivity index (χ3n) is 4.38. The number of hydrogen-bond acceptors (Lipinski definition) is 0.